The Hall–Kier alpha value is -0.553. The van der Waals surface area contributed by atoms with Crippen LogP contribution in [0.4, 0.5) is 31.1 Å². The zero-order chi connectivity index (χ0) is 11.6. The maximum Gasteiger partial charge on any atom is 1.00 e. The Kier molecular flexibility index (Phi) is 6.19. The Morgan fingerprint density at radius 3 is 1.40 bits per heavy atom. The van der Waals surface area contributed by atoms with Gasteiger partial charge in [0.15, 0.2) is 0 Å². The number of hydrogen-bond donors (Lipinski definition) is 0. The van der Waals surface area contributed by atoms with E-state index in [-0.39, 0.29) is 18.9 Å². The Morgan fingerprint density at radius 2 is 1.27 bits per heavy atom. The van der Waals surface area contributed by atoms with Crippen LogP contribution >= 0.6 is 0 Å². The molecular weight excluding hydrogens is 227 g/mol. The first-order valence-electron chi connectivity index (χ1n) is 3.11. The normalized spacial score (nSPS) is 11.9. The minimum atomic E-state index is -5.02. The summed E-state index contributed by atoms with van der Waals surface area (Å²) in [5, 5.41) is 9.87. The average molecular weight is 231 g/mol. The number of hydrogen-bond acceptors (Lipinski definition) is 2. The van der Waals surface area contributed by atoms with E-state index < -0.39 is 36.4 Å². The third kappa shape index (κ3) is 9.74. The molecule has 0 aromatic carbocycles. The van der Waals surface area contributed by atoms with Crippen molar-refractivity contribution in [1.82, 2.24) is 4.90 Å². The van der Waals surface area contributed by atoms with Crippen molar-refractivity contribution in [3.05, 3.63) is 0 Å². The van der Waals surface area contributed by atoms with Crippen molar-refractivity contribution in [1.29, 1.82) is 0 Å². The van der Waals surface area contributed by atoms with Crippen molar-refractivity contribution in [2.75, 3.05) is 13.1 Å². The van der Waals surface area contributed by atoms with E-state index in [1.807, 2.05) is 0 Å². The molecule has 0 atom stereocenters. The number of carbonyl (C=O) groups excluding carboxylic acids is 1. The number of amides is 1. The largest absolute Gasteiger partial charge is 1.00 e. The molecule has 0 bridgehead atoms. The molecule has 15 heavy (non-hydrogen) atoms. The smallest absolute Gasteiger partial charge is 0.530 e. The van der Waals surface area contributed by atoms with Gasteiger partial charge in [0.2, 0.25) is 0 Å². The summed E-state index contributed by atoms with van der Waals surface area (Å²) in [5.41, 5.74) is 0. The first kappa shape index (κ1) is 16.9. The molecule has 0 fully saturated rings. The van der Waals surface area contributed by atoms with Crippen LogP contribution in [0.2, 0.25) is 0 Å². The third-order valence-corrected chi connectivity index (χ3v) is 0.998. The SMILES string of the molecule is O=C([O-])N(CC(F)(F)F)CC(F)(F)F.[Li+]. The number of carbonyl (C=O) groups is 1. The molecule has 3 nitrogen and oxygen atoms in total. The second kappa shape index (κ2) is 5.51. The zero-order valence-electron chi connectivity index (χ0n) is 7.45. The summed E-state index contributed by atoms with van der Waals surface area (Å²) >= 11 is 0. The van der Waals surface area contributed by atoms with Gasteiger partial charge in [-0.25, -0.2) is 0 Å². The van der Waals surface area contributed by atoms with E-state index in [1.165, 1.54) is 0 Å². The van der Waals surface area contributed by atoms with Gasteiger partial charge in [0.05, 0.1) is 0 Å². The molecule has 0 saturated heterocycles. The number of alkyl halides is 6. The van der Waals surface area contributed by atoms with Crippen molar-refractivity contribution in [2.45, 2.75) is 12.4 Å². The number of halogens is 6. The first-order chi connectivity index (χ1) is 6.01. The standard InChI is InChI=1S/C5H5F6NO2.Li/c6-4(7,8)1-12(3(13)14)2-5(9,10)11;/h1-2H2,(H,13,14);/q;+1/p-1. The monoisotopic (exact) mass is 231 g/mol. The predicted octanol–water partition coefficient (Wildman–Crippen LogP) is -2.24. The van der Waals surface area contributed by atoms with Gasteiger partial charge >= 0.3 is 31.2 Å². The summed E-state index contributed by atoms with van der Waals surface area (Å²) in [4.78, 5) is 9.01. The van der Waals surface area contributed by atoms with Crippen LogP contribution in [0.5, 0.6) is 0 Å². The van der Waals surface area contributed by atoms with Crippen LogP contribution in [-0.4, -0.2) is 36.4 Å². The molecule has 0 aromatic rings. The van der Waals surface area contributed by atoms with E-state index in [2.05, 4.69) is 0 Å². The predicted molar refractivity (Wildman–Crippen MR) is 29.1 cm³/mol. The molecule has 0 aliphatic rings. The molecule has 0 spiro atoms. The number of carboxylic acid groups (broad SMARTS) is 1. The van der Waals surface area contributed by atoms with Crippen molar-refractivity contribution in [3.63, 3.8) is 0 Å². The van der Waals surface area contributed by atoms with Crippen LogP contribution < -0.4 is 24.0 Å². The fourth-order valence-electron chi connectivity index (χ4n) is 0.618. The second-order valence-corrected chi connectivity index (χ2v) is 2.35. The van der Waals surface area contributed by atoms with Gasteiger partial charge in [0.25, 0.3) is 0 Å². The molecule has 10 heteroatoms. The van der Waals surface area contributed by atoms with Gasteiger partial charge in [-0.2, -0.15) is 26.3 Å². The number of nitrogens with zero attached hydrogens (tertiary/aromatic N) is 1. The molecule has 0 aromatic heterocycles. The minimum Gasteiger partial charge on any atom is -0.530 e. The van der Waals surface area contributed by atoms with E-state index in [1.54, 1.807) is 0 Å². The van der Waals surface area contributed by atoms with Crippen molar-refractivity contribution in [2.24, 2.45) is 0 Å². The minimum absolute atomic E-state index is 0. The van der Waals surface area contributed by atoms with Gasteiger partial charge in [0, 0.05) is 0 Å². The van der Waals surface area contributed by atoms with Gasteiger partial charge in [-0.1, -0.05) is 0 Å². The zero-order valence-corrected chi connectivity index (χ0v) is 7.45. The van der Waals surface area contributed by atoms with Gasteiger partial charge in [-0.15, -0.1) is 0 Å². The molecule has 1 amide bonds. The Labute approximate surface area is 92.2 Å². The molecule has 0 radical (unpaired) electrons. The summed E-state index contributed by atoms with van der Waals surface area (Å²) in [6.45, 7) is -4.40. The summed E-state index contributed by atoms with van der Waals surface area (Å²) < 4.78 is 69.2. The molecule has 0 saturated carbocycles. The third-order valence-electron chi connectivity index (χ3n) is 0.998. The van der Waals surface area contributed by atoms with Gasteiger partial charge in [-0.3, -0.25) is 0 Å². The van der Waals surface area contributed by atoms with Crippen LogP contribution in [0.15, 0.2) is 0 Å². The molecule has 0 rings (SSSR count). The quantitative estimate of drug-likeness (QED) is 0.398. The van der Waals surface area contributed by atoms with Gasteiger partial charge < -0.3 is 14.8 Å². The van der Waals surface area contributed by atoms with Crippen LogP contribution in [-0.2, 0) is 0 Å². The Bertz CT molecular complexity index is 199. The van der Waals surface area contributed by atoms with E-state index >= 15 is 0 Å². The molecule has 84 valence electrons. The van der Waals surface area contributed by atoms with E-state index in [4.69, 9.17) is 0 Å². The average Bonchev–Trinajstić information content (AvgIpc) is 1.78. The van der Waals surface area contributed by atoms with Crippen LogP contribution in [0.3, 0.4) is 0 Å². The van der Waals surface area contributed by atoms with Crippen LogP contribution in [0.25, 0.3) is 0 Å². The molecule has 0 unspecified atom stereocenters. The van der Waals surface area contributed by atoms with E-state index in [9.17, 15) is 36.2 Å². The maximum atomic E-state index is 11.5. The van der Waals surface area contributed by atoms with Crippen molar-refractivity contribution in [3.8, 4) is 0 Å². The van der Waals surface area contributed by atoms with Gasteiger partial charge in [0.1, 0.15) is 19.2 Å². The summed E-state index contributed by atoms with van der Waals surface area (Å²) in [6.07, 6.45) is -12.6. The van der Waals surface area contributed by atoms with Crippen molar-refractivity contribution >= 4 is 6.09 Å². The summed E-state index contributed by atoms with van der Waals surface area (Å²) in [6, 6.07) is 0. The Balaban J connectivity index is 0. The Morgan fingerprint density at radius 1 is 1.00 bits per heavy atom. The van der Waals surface area contributed by atoms with Crippen LogP contribution in [0.1, 0.15) is 0 Å². The van der Waals surface area contributed by atoms with Crippen LogP contribution in [0, 0.1) is 0 Å². The molecule has 0 aliphatic carbocycles. The molecular formula is C5H4F6LiNO2. The molecule has 0 heterocycles. The second-order valence-electron chi connectivity index (χ2n) is 2.35. The maximum absolute atomic E-state index is 11.5. The molecule has 0 aliphatic heterocycles. The fourth-order valence-corrected chi connectivity index (χ4v) is 0.618. The van der Waals surface area contributed by atoms with E-state index in [0.29, 0.717) is 0 Å². The van der Waals surface area contributed by atoms with E-state index in [0.717, 1.165) is 0 Å². The summed E-state index contributed by atoms with van der Waals surface area (Å²) in [7, 11) is 0. The molecule has 0 N–H and O–H groups in total. The number of rotatable bonds is 2. The topological polar surface area (TPSA) is 43.4 Å². The summed E-state index contributed by atoms with van der Waals surface area (Å²) in [5.74, 6) is 0. The first-order valence-corrected chi connectivity index (χ1v) is 3.11. The van der Waals surface area contributed by atoms with Crippen molar-refractivity contribution < 1.29 is 55.1 Å². The fraction of sp³-hybridized carbons (Fsp3) is 0.800. The van der Waals surface area contributed by atoms with Gasteiger partial charge in [-0.05, 0) is 0 Å².